The van der Waals surface area contributed by atoms with Gasteiger partial charge in [-0.25, -0.2) is 0 Å². The van der Waals surface area contributed by atoms with Crippen LogP contribution in [0.5, 0.6) is 0 Å². The van der Waals surface area contributed by atoms with Crippen molar-refractivity contribution in [1.29, 1.82) is 0 Å². The minimum absolute atomic E-state index is 0.497. The number of rotatable bonds is 1. The third-order valence-electron chi connectivity index (χ3n) is 2.81. The van der Waals surface area contributed by atoms with Gasteiger partial charge in [-0.05, 0) is 13.0 Å². The molecule has 2 heterocycles. The van der Waals surface area contributed by atoms with Crippen molar-refractivity contribution in [3.63, 3.8) is 0 Å². The first-order valence-corrected chi connectivity index (χ1v) is 6.08. The lowest BCUT2D eigenvalue weighted by molar-refractivity contribution is -0.645. The standard InChI is InChI=1S/C11H16N3OS/c1-9-8-12(2)11(13(9)3)16-10-6-4-5-7-14(10)15/h4-7,9H,8H2,1-3H3/q+1/t9-/m0/s1. The van der Waals surface area contributed by atoms with E-state index in [-0.39, 0.29) is 0 Å². The first-order valence-electron chi connectivity index (χ1n) is 5.26. The quantitative estimate of drug-likeness (QED) is 0.534. The van der Waals surface area contributed by atoms with Crippen LogP contribution in [0.2, 0.25) is 0 Å². The second kappa shape index (κ2) is 4.33. The highest BCUT2D eigenvalue weighted by molar-refractivity contribution is 8.13. The smallest absolute Gasteiger partial charge is 0.319 e. The summed E-state index contributed by atoms with van der Waals surface area (Å²) in [6.45, 7) is 3.19. The molecule has 0 spiro atoms. The molecule has 5 heteroatoms. The fraction of sp³-hybridized carbons (Fsp3) is 0.455. The Hall–Kier alpha value is -1.23. The topological polar surface area (TPSA) is 33.2 Å². The molecule has 1 aromatic rings. The molecule has 1 aromatic heterocycles. The fourth-order valence-electron chi connectivity index (χ4n) is 1.79. The maximum absolute atomic E-state index is 11.5. The molecule has 0 N–H and O–H groups in total. The lowest BCUT2D eigenvalue weighted by Gasteiger charge is -2.10. The minimum atomic E-state index is 0.497. The van der Waals surface area contributed by atoms with Gasteiger partial charge in [0.05, 0.1) is 25.9 Å². The first kappa shape index (κ1) is 11.3. The van der Waals surface area contributed by atoms with Crippen molar-refractivity contribution < 1.29 is 9.31 Å². The van der Waals surface area contributed by atoms with Crippen LogP contribution in [0.25, 0.3) is 0 Å². The number of nitrogens with zero attached hydrogens (tertiary/aromatic N) is 3. The van der Waals surface area contributed by atoms with Crippen molar-refractivity contribution >= 4 is 16.9 Å². The van der Waals surface area contributed by atoms with Gasteiger partial charge in [0.2, 0.25) is 0 Å². The molecule has 0 aromatic carbocycles. The zero-order chi connectivity index (χ0) is 11.7. The van der Waals surface area contributed by atoms with E-state index in [0.717, 1.165) is 16.4 Å². The summed E-state index contributed by atoms with van der Waals surface area (Å²) in [5.41, 5.74) is 0. The van der Waals surface area contributed by atoms with E-state index in [2.05, 4.69) is 30.5 Å². The van der Waals surface area contributed by atoms with Crippen molar-refractivity contribution in [3.05, 3.63) is 29.6 Å². The number of likely N-dealkylation sites (N-methyl/N-ethyl adjacent to an activating group) is 2. The normalized spacial score (nSPS) is 20.7. The Balaban J connectivity index is 2.23. The molecule has 86 valence electrons. The third-order valence-corrected chi connectivity index (χ3v) is 4.12. The third kappa shape index (κ3) is 2.00. The van der Waals surface area contributed by atoms with E-state index >= 15 is 0 Å². The van der Waals surface area contributed by atoms with Gasteiger partial charge in [-0.2, -0.15) is 4.73 Å². The van der Waals surface area contributed by atoms with Gasteiger partial charge < -0.3 is 5.21 Å². The summed E-state index contributed by atoms with van der Waals surface area (Å²) in [6.07, 6.45) is 1.53. The van der Waals surface area contributed by atoms with E-state index in [0.29, 0.717) is 11.1 Å². The predicted octanol–water partition coefficient (Wildman–Crippen LogP) is 0.744. The van der Waals surface area contributed by atoms with Gasteiger partial charge in [-0.3, -0.25) is 9.48 Å². The van der Waals surface area contributed by atoms with E-state index in [9.17, 15) is 5.21 Å². The van der Waals surface area contributed by atoms with Crippen molar-refractivity contribution in [1.82, 2.24) is 4.90 Å². The molecule has 1 atom stereocenters. The fourth-order valence-corrected chi connectivity index (χ4v) is 2.83. The van der Waals surface area contributed by atoms with Crippen LogP contribution in [0.3, 0.4) is 0 Å². The van der Waals surface area contributed by atoms with Gasteiger partial charge in [-0.15, -0.1) is 0 Å². The molecule has 0 unspecified atom stereocenters. The highest BCUT2D eigenvalue weighted by atomic mass is 32.2. The van der Waals surface area contributed by atoms with Crippen LogP contribution in [0, 0.1) is 5.21 Å². The number of hydrogen-bond donors (Lipinski definition) is 0. The molecule has 0 saturated carbocycles. The molecule has 0 aliphatic carbocycles. The summed E-state index contributed by atoms with van der Waals surface area (Å²) in [5.74, 6) is 0. The number of pyridine rings is 1. The molecule has 1 aliphatic heterocycles. The summed E-state index contributed by atoms with van der Waals surface area (Å²) in [4.78, 5) is 2.21. The maximum Gasteiger partial charge on any atom is 0.319 e. The van der Waals surface area contributed by atoms with Crippen LogP contribution in [-0.4, -0.2) is 41.3 Å². The molecular formula is C11H16N3OS+. The average Bonchev–Trinajstić information content (AvgIpc) is 2.48. The second-order valence-electron chi connectivity index (χ2n) is 4.09. The molecule has 0 radical (unpaired) electrons. The first-order chi connectivity index (χ1) is 7.59. The average molecular weight is 238 g/mol. The molecule has 0 saturated heterocycles. The van der Waals surface area contributed by atoms with Gasteiger partial charge in [0.1, 0.15) is 12.6 Å². The lowest BCUT2D eigenvalue weighted by Crippen LogP contribution is -2.32. The summed E-state index contributed by atoms with van der Waals surface area (Å²) in [6, 6.07) is 5.97. The molecule has 0 fully saturated rings. The Labute approximate surface area is 99.8 Å². The van der Waals surface area contributed by atoms with Gasteiger partial charge >= 0.3 is 5.17 Å². The van der Waals surface area contributed by atoms with E-state index in [1.807, 2.05) is 12.1 Å². The summed E-state index contributed by atoms with van der Waals surface area (Å²) >= 11 is 1.52. The van der Waals surface area contributed by atoms with Crippen molar-refractivity contribution in [2.24, 2.45) is 0 Å². The number of aromatic nitrogens is 1. The summed E-state index contributed by atoms with van der Waals surface area (Å²) < 4.78 is 3.09. The molecule has 4 nitrogen and oxygen atoms in total. The molecule has 0 amide bonds. The highest BCUT2D eigenvalue weighted by Gasteiger charge is 2.34. The number of hydrogen-bond acceptors (Lipinski definition) is 3. The van der Waals surface area contributed by atoms with E-state index in [1.54, 1.807) is 6.07 Å². The van der Waals surface area contributed by atoms with Gasteiger partial charge in [-0.1, -0.05) is 0 Å². The van der Waals surface area contributed by atoms with Crippen molar-refractivity contribution in [2.75, 3.05) is 20.6 Å². The Morgan fingerprint density at radius 3 is 2.81 bits per heavy atom. The largest absolute Gasteiger partial charge is 0.618 e. The van der Waals surface area contributed by atoms with Crippen LogP contribution in [-0.2, 0) is 0 Å². The summed E-state index contributed by atoms with van der Waals surface area (Å²) in [5, 5.41) is 13.4. The Morgan fingerprint density at radius 2 is 2.25 bits per heavy atom. The monoisotopic (exact) mass is 238 g/mol. The van der Waals surface area contributed by atoms with E-state index in [4.69, 9.17) is 0 Å². The van der Waals surface area contributed by atoms with Gasteiger partial charge in [0, 0.05) is 12.1 Å². The Bertz CT molecular complexity index is 433. The molecule has 1 aliphatic rings. The van der Waals surface area contributed by atoms with E-state index < -0.39 is 0 Å². The van der Waals surface area contributed by atoms with Crippen LogP contribution < -0.4 is 4.73 Å². The SMILES string of the molecule is C[C@H]1C[N+](C)=C(Sc2cccc[n+]2[O-])N1C. The number of amidine groups is 1. The van der Waals surface area contributed by atoms with Gasteiger partial charge in [0.15, 0.2) is 6.20 Å². The molecule has 0 bridgehead atoms. The highest BCUT2D eigenvalue weighted by Crippen LogP contribution is 2.21. The molecular weight excluding hydrogens is 222 g/mol. The van der Waals surface area contributed by atoms with Gasteiger partial charge in [0.25, 0.3) is 5.03 Å². The Kier molecular flexibility index (Phi) is 3.05. The zero-order valence-corrected chi connectivity index (χ0v) is 10.6. The molecule has 2 rings (SSSR count). The Morgan fingerprint density at radius 1 is 1.50 bits per heavy atom. The van der Waals surface area contributed by atoms with E-state index in [1.165, 1.54) is 18.0 Å². The lowest BCUT2D eigenvalue weighted by atomic mass is 10.3. The summed E-state index contributed by atoms with van der Waals surface area (Å²) in [7, 11) is 4.12. The van der Waals surface area contributed by atoms with Crippen LogP contribution in [0.4, 0.5) is 0 Å². The second-order valence-corrected chi connectivity index (χ2v) is 5.08. The predicted molar refractivity (Wildman–Crippen MR) is 64.5 cm³/mol. The number of thioether (sulfide) groups is 1. The van der Waals surface area contributed by atoms with Crippen LogP contribution >= 0.6 is 11.8 Å². The van der Waals surface area contributed by atoms with Crippen LogP contribution in [0.1, 0.15) is 6.92 Å². The molecule has 16 heavy (non-hydrogen) atoms. The van der Waals surface area contributed by atoms with Crippen molar-refractivity contribution in [2.45, 2.75) is 18.0 Å². The van der Waals surface area contributed by atoms with Crippen LogP contribution in [0.15, 0.2) is 29.4 Å². The van der Waals surface area contributed by atoms with Crippen molar-refractivity contribution in [3.8, 4) is 0 Å². The maximum atomic E-state index is 11.5. The zero-order valence-electron chi connectivity index (χ0n) is 9.75. The minimum Gasteiger partial charge on any atom is -0.618 e.